The molecule has 2 aliphatic rings. The van der Waals surface area contributed by atoms with Crippen LogP contribution in [-0.2, 0) is 11.3 Å². The Hall–Kier alpha value is -2.80. The molecule has 2 aliphatic heterocycles. The maximum Gasteiger partial charge on any atom is 0.321 e. The summed E-state index contributed by atoms with van der Waals surface area (Å²) in [6.45, 7) is 1.43. The van der Waals surface area contributed by atoms with E-state index in [4.69, 9.17) is 14.2 Å². The number of benzene rings is 2. The van der Waals surface area contributed by atoms with E-state index in [0.717, 1.165) is 17.1 Å². The average Bonchev–Trinajstić information content (AvgIpc) is 2.68. The van der Waals surface area contributed by atoms with E-state index in [9.17, 15) is 9.18 Å². The first kappa shape index (κ1) is 17.6. The van der Waals surface area contributed by atoms with Gasteiger partial charge < -0.3 is 24.4 Å². The van der Waals surface area contributed by atoms with Gasteiger partial charge in [-0.3, -0.25) is 0 Å². The van der Waals surface area contributed by atoms with Gasteiger partial charge in [0.05, 0.1) is 13.7 Å². The van der Waals surface area contributed by atoms with Crippen molar-refractivity contribution in [3.63, 3.8) is 0 Å². The number of nitrogens with zero attached hydrogens (tertiary/aromatic N) is 1. The first-order chi connectivity index (χ1) is 13.1. The highest BCUT2D eigenvalue weighted by Gasteiger charge is 2.42. The fourth-order valence-corrected chi connectivity index (χ4v) is 3.40. The maximum absolute atomic E-state index is 13.3. The zero-order chi connectivity index (χ0) is 18.9. The summed E-state index contributed by atoms with van der Waals surface area (Å²) in [6.07, 6.45) is 1.13. The highest BCUT2D eigenvalue weighted by molar-refractivity contribution is 5.89. The van der Waals surface area contributed by atoms with Gasteiger partial charge in [-0.1, -0.05) is 6.07 Å². The zero-order valence-electron chi connectivity index (χ0n) is 15.0. The number of urea groups is 1. The van der Waals surface area contributed by atoms with Crippen molar-refractivity contribution in [2.24, 2.45) is 0 Å². The number of likely N-dealkylation sites (tertiary alicyclic amines) is 1. The van der Waals surface area contributed by atoms with E-state index < -0.39 is 5.79 Å². The largest absolute Gasteiger partial charge is 0.497 e. The Kier molecular flexibility index (Phi) is 4.61. The van der Waals surface area contributed by atoms with E-state index in [1.165, 1.54) is 12.1 Å². The molecule has 1 spiro atoms. The van der Waals surface area contributed by atoms with Crippen molar-refractivity contribution in [3.05, 3.63) is 53.8 Å². The van der Waals surface area contributed by atoms with E-state index in [1.54, 1.807) is 24.1 Å². The van der Waals surface area contributed by atoms with Gasteiger partial charge in [-0.2, -0.15) is 0 Å². The number of carbonyl (C=O) groups excluding carboxylic acids is 1. The summed E-state index contributed by atoms with van der Waals surface area (Å²) in [4.78, 5) is 14.1. The lowest BCUT2D eigenvalue weighted by atomic mass is 10.0. The van der Waals surface area contributed by atoms with Crippen LogP contribution in [0.15, 0.2) is 42.5 Å². The molecule has 2 aromatic carbocycles. The quantitative estimate of drug-likeness (QED) is 0.872. The van der Waals surface area contributed by atoms with E-state index in [2.05, 4.69) is 5.32 Å². The average molecular weight is 372 g/mol. The Labute approximate surface area is 156 Å². The minimum absolute atomic E-state index is 0.253. The molecule has 0 unspecified atom stereocenters. The van der Waals surface area contributed by atoms with Crippen LogP contribution in [0.4, 0.5) is 14.9 Å². The predicted octanol–water partition coefficient (Wildman–Crippen LogP) is 3.77. The molecule has 2 amide bonds. The summed E-state index contributed by atoms with van der Waals surface area (Å²) < 4.78 is 30.6. The van der Waals surface area contributed by atoms with Crippen LogP contribution in [0, 0.1) is 5.82 Å². The highest BCUT2D eigenvalue weighted by atomic mass is 19.1. The van der Waals surface area contributed by atoms with Crippen LogP contribution >= 0.6 is 0 Å². The third kappa shape index (κ3) is 3.68. The van der Waals surface area contributed by atoms with Gasteiger partial charge in [0.15, 0.2) is 0 Å². The van der Waals surface area contributed by atoms with Crippen molar-refractivity contribution in [2.45, 2.75) is 25.2 Å². The van der Waals surface area contributed by atoms with Crippen molar-refractivity contribution < 1.29 is 23.4 Å². The second kappa shape index (κ2) is 7.08. The molecule has 1 fully saturated rings. The number of piperidine rings is 1. The minimum atomic E-state index is -0.711. The lowest BCUT2D eigenvalue weighted by Crippen LogP contribution is -2.53. The van der Waals surface area contributed by atoms with E-state index >= 15 is 0 Å². The zero-order valence-corrected chi connectivity index (χ0v) is 15.0. The Bertz CT molecular complexity index is 850. The van der Waals surface area contributed by atoms with Crippen LogP contribution in [0.1, 0.15) is 18.4 Å². The van der Waals surface area contributed by atoms with Gasteiger partial charge in [-0.25, -0.2) is 9.18 Å². The number of hydrogen-bond donors (Lipinski definition) is 1. The van der Waals surface area contributed by atoms with E-state index in [0.29, 0.717) is 38.2 Å². The second-order valence-corrected chi connectivity index (χ2v) is 6.70. The molecular weight excluding hydrogens is 351 g/mol. The fourth-order valence-electron chi connectivity index (χ4n) is 3.40. The van der Waals surface area contributed by atoms with Crippen LogP contribution in [-0.4, -0.2) is 36.9 Å². The highest BCUT2D eigenvalue weighted by Crippen LogP contribution is 2.38. The summed E-state index contributed by atoms with van der Waals surface area (Å²) >= 11 is 0. The third-order valence-electron chi connectivity index (χ3n) is 4.94. The maximum atomic E-state index is 13.3. The van der Waals surface area contributed by atoms with Crippen LogP contribution in [0.3, 0.4) is 0 Å². The first-order valence-electron chi connectivity index (χ1n) is 8.88. The van der Waals surface area contributed by atoms with Gasteiger partial charge in [0.2, 0.25) is 5.79 Å². The van der Waals surface area contributed by atoms with Crippen LogP contribution in [0.25, 0.3) is 0 Å². The number of nitrogens with one attached hydrogen (secondary N) is 1. The lowest BCUT2D eigenvalue weighted by molar-refractivity contribution is -0.225. The first-order valence-corrected chi connectivity index (χ1v) is 8.88. The molecule has 2 aromatic rings. The van der Waals surface area contributed by atoms with Crippen molar-refractivity contribution in [3.8, 4) is 11.5 Å². The standard InChI is InChI=1S/C20H21FN2O4/c1-25-17-5-6-18-14(11-17)13-26-20(27-18)7-9-23(10-8-20)19(24)22-16-4-2-3-15(21)12-16/h2-6,11-12H,7-10,13H2,1H3,(H,22,24). The second-order valence-electron chi connectivity index (χ2n) is 6.70. The Morgan fingerprint density at radius 1 is 1.22 bits per heavy atom. The van der Waals surface area contributed by atoms with Crippen molar-refractivity contribution in [1.82, 2.24) is 4.90 Å². The van der Waals surface area contributed by atoms with E-state index in [-0.39, 0.29) is 11.8 Å². The molecule has 0 saturated carbocycles. The number of methoxy groups -OCH3 is 1. The summed E-state index contributed by atoms with van der Waals surface area (Å²) in [7, 11) is 1.62. The van der Waals surface area contributed by atoms with Gasteiger partial charge in [-0.15, -0.1) is 0 Å². The van der Waals surface area contributed by atoms with E-state index in [1.807, 2.05) is 18.2 Å². The van der Waals surface area contributed by atoms with Gasteiger partial charge >= 0.3 is 6.03 Å². The van der Waals surface area contributed by atoms with Crippen LogP contribution in [0.2, 0.25) is 0 Å². The van der Waals surface area contributed by atoms with Crippen LogP contribution in [0.5, 0.6) is 11.5 Å². The number of halogens is 1. The number of fused-ring (bicyclic) bond motifs is 1. The molecule has 2 heterocycles. The smallest absolute Gasteiger partial charge is 0.321 e. The third-order valence-corrected chi connectivity index (χ3v) is 4.94. The van der Waals surface area contributed by atoms with Crippen molar-refractivity contribution in [1.29, 1.82) is 0 Å². The van der Waals surface area contributed by atoms with Gasteiger partial charge in [-0.05, 0) is 36.4 Å². The summed E-state index contributed by atoms with van der Waals surface area (Å²) in [5.41, 5.74) is 1.39. The molecule has 142 valence electrons. The Balaban J connectivity index is 1.37. The van der Waals surface area contributed by atoms with Gasteiger partial charge in [0, 0.05) is 37.2 Å². The molecule has 0 atom stereocenters. The monoisotopic (exact) mass is 372 g/mol. The molecule has 27 heavy (non-hydrogen) atoms. The molecule has 1 N–H and O–H groups in total. The Morgan fingerprint density at radius 3 is 2.78 bits per heavy atom. The minimum Gasteiger partial charge on any atom is -0.497 e. The summed E-state index contributed by atoms with van der Waals surface area (Å²) in [6, 6.07) is 11.3. The topological polar surface area (TPSA) is 60.0 Å². The molecule has 0 radical (unpaired) electrons. The number of anilines is 1. The molecule has 4 rings (SSSR count). The fraction of sp³-hybridized carbons (Fsp3) is 0.350. The number of amides is 2. The molecule has 0 aromatic heterocycles. The summed E-state index contributed by atoms with van der Waals surface area (Å²) in [5.74, 6) is 0.460. The van der Waals surface area contributed by atoms with Crippen molar-refractivity contribution in [2.75, 3.05) is 25.5 Å². The predicted molar refractivity (Wildman–Crippen MR) is 97.4 cm³/mol. The SMILES string of the molecule is COc1ccc2c(c1)COC1(CCN(C(=O)Nc3cccc(F)c3)CC1)O2. The molecular formula is C20H21FN2O4. The van der Waals surface area contributed by atoms with Gasteiger partial charge in [0.25, 0.3) is 0 Å². The number of carbonyl (C=O) groups is 1. The summed E-state index contributed by atoms with van der Waals surface area (Å²) in [5, 5.41) is 2.72. The van der Waals surface area contributed by atoms with Crippen molar-refractivity contribution >= 4 is 11.7 Å². The Morgan fingerprint density at radius 2 is 2.04 bits per heavy atom. The lowest BCUT2D eigenvalue weighted by Gasteiger charge is -2.43. The molecule has 0 aliphatic carbocycles. The van der Waals surface area contributed by atoms with Gasteiger partial charge in [0.1, 0.15) is 17.3 Å². The molecule has 6 nitrogen and oxygen atoms in total. The number of rotatable bonds is 2. The number of hydrogen-bond acceptors (Lipinski definition) is 4. The molecule has 7 heteroatoms. The molecule has 0 bridgehead atoms. The number of ether oxygens (including phenoxy) is 3. The van der Waals surface area contributed by atoms with Crippen LogP contribution < -0.4 is 14.8 Å². The molecule has 1 saturated heterocycles. The normalized spacial score (nSPS) is 17.8.